The minimum absolute atomic E-state index is 0.962. The van der Waals surface area contributed by atoms with E-state index >= 15 is 0 Å². The standard InChI is InChI=1S/C19H25NS/c1-4-9-20-13-18-7-5-6-8-19(18)21-14-17-11-15(2)10-16(3)12-17/h5-8,10-12,20H,4,9,13-14H2,1-3H3. The fourth-order valence-corrected chi connectivity index (χ4v) is 3.49. The van der Waals surface area contributed by atoms with E-state index in [1.165, 1.54) is 33.6 Å². The third-order valence-corrected chi connectivity index (χ3v) is 4.58. The Labute approximate surface area is 133 Å². The predicted molar refractivity (Wildman–Crippen MR) is 93.9 cm³/mol. The zero-order valence-corrected chi connectivity index (χ0v) is 14.1. The van der Waals surface area contributed by atoms with Gasteiger partial charge in [0.05, 0.1) is 0 Å². The van der Waals surface area contributed by atoms with Gasteiger partial charge in [0, 0.05) is 17.2 Å². The van der Waals surface area contributed by atoms with Crippen LogP contribution in [0, 0.1) is 13.8 Å². The second kappa shape index (κ2) is 8.26. The second-order valence-corrected chi connectivity index (χ2v) is 6.59. The average molecular weight is 299 g/mol. The van der Waals surface area contributed by atoms with Crippen LogP contribution in [0.25, 0.3) is 0 Å². The van der Waals surface area contributed by atoms with Crippen LogP contribution in [0.3, 0.4) is 0 Å². The quantitative estimate of drug-likeness (QED) is 0.564. The van der Waals surface area contributed by atoms with Gasteiger partial charge < -0.3 is 5.32 Å². The Morgan fingerprint density at radius 2 is 1.71 bits per heavy atom. The van der Waals surface area contributed by atoms with E-state index in [1.54, 1.807) is 0 Å². The summed E-state index contributed by atoms with van der Waals surface area (Å²) in [5.74, 6) is 1.04. The first kappa shape index (κ1) is 16.1. The van der Waals surface area contributed by atoms with Gasteiger partial charge in [0.1, 0.15) is 0 Å². The molecule has 0 bridgehead atoms. The molecular weight excluding hydrogens is 274 g/mol. The topological polar surface area (TPSA) is 12.0 Å². The number of rotatable bonds is 7. The first-order chi connectivity index (χ1) is 10.2. The lowest BCUT2D eigenvalue weighted by atomic mass is 10.1. The molecule has 0 aliphatic heterocycles. The third kappa shape index (κ3) is 5.22. The molecule has 2 aromatic rings. The van der Waals surface area contributed by atoms with Crippen molar-refractivity contribution in [2.75, 3.05) is 6.54 Å². The predicted octanol–water partition coefficient (Wildman–Crippen LogP) is 5.10. The van der Waals surface area contributed by atoms with Crippen molar-refractivity contribution in [1.29, 1.82) is 0 Å². The average Bonchev–Trinajstić information content (AvgIpc) is 2.45. The number of aryl methyl sites for hydroxylation is 2. The number of hydrogen-bond acceptors (Lipinski definition) is 2. The molecule has 1 N–H and O–H groups in total. The molecule has 0 fully saturated rings. The summed E-state index contributed by atoms with van der Waals surface area (Å²) >= 11 is 1.94. The highest BCUT2D eigenvalue weighted by atomic mass is 32.2. The molecule has 0 aromatic heterocycles. The summed E-state index contributed by atoms with van der Waals surface area (Å²) in [7, 11) is 0. The highest BCUT2D eigenvalue weighted by Crippen LogP contribution is 2.27. The number of nitrogens with one attached hydrogen (secondary N) is 1. The first-order valence-electron chi connectivity index (χ1n) is 7.67. The van der Waals surface area contributed by atoms with Crippen molar-refractivity contribution in [3.05, 3.63) is 64.7 Å². The summed E-state index contributed by atoms with van der Waals surface area (Å²) in [5, 5.41) is 3.49. The first-order valence-corrected chi connectivity index (χ1v) is 8.66. The van der Waals surface area contributed by atoms with Crippen LogP contribution in [0.2, 0.25) is 0 Å². The normalized spacial score (nSPS) is 10.8. The molecule has 2 rings (SSSR count). The molecule has 0 radical (unpaired) electrons. The summed E-state index contributed by atoms with van der Waals surface area (Å²) in [6.45, 7) is 8.58. The van der Waals surface area contributed by atoms with Crippen LogP contribution >= 0.6 is 11.8 Å². The smallest absolute Gasteiger partial charge is 0.0232 e. The maximum Gasteiger partial charge on any atom is 0.0232 e. The minimum Gasteiger partial charge on any atom is -0.313 e. The SMILES string of the molecule is CCCNCc1ccccc1SCc1cc(C)cc(C)c1. The van der Waals surface area contributed by atoms with Crippen molar-refractivity contribution in [1.82, 2.24) is 5.32 Å². The van der Waals surface area contributed by atoms with E-state index in [9.17, 15) is 0 Å². The van der Waals surface area contributed by atoms with Crippen LogP contribution in [0.5, 0.6) is 0 Å². The van der Waals surface area contributed by atoms with Crippen molar-refractivity contribution >= 4 is 11.8 Å². The van der Waals surface area contributed by atoms with Crippen LogP contribution in [-0.2, 0) is 12.3 Å². The van der Waals surface area contributed by atoms with Gasteiger partial charge in [0.15, 0.2) is 0 Å². The second-order valence-electron chi connectivity index (χ2n) is 5.57. The monoisotopic (exact) mass is 299 g/mol. The highest BCUT2D eigenvalue weighted by Gasteiger charge is 2.03. The summed E-state index contributed by atoms with van der Waals surface area (Å²) in [6.07, 6.45) is 1.18. The van der Waals surface area contributed by atoms with Crippen LogP contribution in [0.1, 0.15) is 35.6 Å². The van der Waals surface area contributed by atoms with E-state index in [-0.39, 0.29) is 0 Å². The molecule has 0 atom stereocenters. The Balaban J connectivity index is 2.02. The van der Waals surface area contributed by atoms with E-state index in [0.717, 1.165) is 18.8 Å². The van der Waals surface area contributed by atoms with Gasteiger partial charge >= 0.3 is 0 Å². The van der Waals surface area contributed by atoms with Crippen LogP contribution in [0.4, 0.5) is 0 Å². The minimum atomic E-state index is 0.962. The Morgan fingerprint density at radius 3 is 2.43 bits per heavy atom. The van der Waals surface area contributed by atoms with Crippen molar-refractivity contribution in [2.45, 2.75) is 44.4 Å². The lowest BCUT2D eigenvalue weighted by Gasteiger charge is -2.10. The molecule has 0 unspecified atom stereocenters. The van der Waals surface area contributed by atoms with Gasteiger partial charge in [-0.25, -0.2) is 0 Å². The molecule has 0 saturated heterocycles. The lowest BCUT2D eigenvalue weighted by Crippen LogP contribution is -2.14. The van der Waals surface area contributed by atoms with Crippen molar-refractivity contribution in [2.24, 2.45) is 0 Å². The highest BCUT2D eigenvalue weighted by molar-refractivity contribution is 7.98. The molecule has 0 aliphatic rings. The lowest BCUT2D eigenvalue weighted by molar-refractivity contribution is 0.669. The van der Waals surface area contributed by atoms with Gasteiger partial charge in [0.25, 0.3) is 0 Å². The molecule has 0 heterocycles. The Kier molecular flexibility index (Phi) is 6.34. The molecule has 2 heteroatoms. The Bertz CT molecular complexity index is 557. The van der Waals surface area contributed by atoms with Gasteiger partial charge in [-0.05, 0) is 44.0 Å². The van der Waals surface area contributed by atoms with E-state index in [2.05, 4.69) is 68.6 Å². The maximum atomic E-state index is 3.49. The fourth-order valence-electron chi connectivity index (χ4n) is 2.50. The zero-order valence-electron chi connectivity index (χ0n) is 13.3. The van der Waals surface area contributed by atoms with E-state index < -0.39 is 0 Å². The molecule has 21 heavy (non-hydrogen) atoms. The number of benzene rings is 2. The molecule has 0 aliphatic carbocycles. The summed E-state index contributed by atoms with van der Waals surface area (Å²) in [4.78, 5) is 1.39. The molecular formula is C19H25NS. The van der Waals surface area contributed by atoms with E-state index in [4.69, 9.17) is 0 Å². The van der Waals surface area contributed by atoms with Gasteiger partial charge in [-0.15, -0.1) is 11.8 Å². The van der Waals surface area contributed by atoms with Gasteiger partial charge in [-0.2, -0.15) is 0 Å². The number of thioether (sulfide) groups is 1. The van der Waals surface area contributed by atoms with E-state index in [1.807, 2.05) is 11.8 Å². The summed E-state index contributed by atoms with van der Waals surface area (Å²) < 4.78 is 0. The number of hydrogen-bond donors (Lipinski definition) is 1. The zero-order chi connectivity index (χ0) is 15.1. The van der Waals surface area contributed by atoms with E-state index in [0.29, 0.717) is 0 Å². The fraction of sp³-hybridized carbons (Fsp3) is 0.368. The van der Waals surface area contributed by atoms with Crippen LogP contribution in [0.15, 0.2) is 47.4 Å². The van der Waals surface area contributed by atoms with Crippen LogP contribution in [-0.4, -0.2) is 6.54 Å². The molecule has 1 nitrogen and oxygen atoms in total. The Morgan fingerprint density at radius 1 is 1.00 bits per heavy atom. The summed E-state index contributed by atoms with van der Waals surface area (Å²) in [5.41, 5.74) is 5.51. The molecule has 112 valence electrons. The maximum absolute atomic E-state index is 3.49. The summed E-state index contributed by atoms with van der Waals surface area (Å²) in [6, 6.07) is 15.5. The van der Waals surface area contributed by atoms with Gasteiger partial charge in [0.2, 0.25) is 0 Å². The third-order valence-electron chi connectivity index (χ3n) is 3.39. The van der Waals surface area contributed by atoms with Crippen LogP contribution < -0.4 is 5.32 Å². The molecule has 0 spiro atoms. The largest absolute Gasteiger partial charge is 0.313 e. The van der Waals surface area contributed by atoms with Crippen molar-refractivity contribution < 1.29 is 0 Å². The van der Waals surface area contributed by atoms with Crippen molar-refractivity contribution in [3.63, 3.8) is 0 Å². The van der Waals surface area contributed by atoms with Crippen molar-refractivity contribution in [3.8, 4) is 0 Å². The molecule has 2 aromatic carbocycles. The van der Waals surface area contributed by atoms with Gasteiger partial charge in [-0.1, -0.05) is 54.4 Å². The molecule has 0 amide bonds. The molecule has 0 saturated carbocycles. The Hall–Kier alpha value is -1.25. The van der Waals surface area contributed by atoms with Gasteiger partial charge in [-0.3, -0.25) is 0 Å².